The zero-order chi connectivity index (χ0) is 20.3. The molecule has 1 amide bonds. The van der Waals surface area contributed by atoms with Crippen LogP contribution in [0.2, 0.25) is 0 Å². The average Bonchev–Trinajstić information content (AvgIpc) is 3.01. The second-order valence-corrected chi connectivity index (χ2v) is 8.62. The third-order valence-corrected chi connectivity index (χ3v) is 5.65. The molecule has 3 aromatic rings. The summed E-state index contributed by atoms with van der Waals surface area (Å²) >= 11 is 1.47. The van der Waals surface area contributed by atoms with Crippen molar-refractivity contribution in [2.75, 3.05) is 20.8 Å². The summed E-state index contributed by atoms with van der Waals surface area (Å²) in [5, 5.41) is 0. The van der Waals surface area contributed by atoms with Crippen LogP contribution in [0.5, 0.6) is 5.75 Å². The summed E-state index contributed by atoms with van der Waals surface area (Å²) in [6.45, 7) is 7.62. The Labute approximate surface area is 169 Å². The van der Waals surface area contributed by atoms with Crippen molar-refractivity contribution in [1.82, 2.24) is 4.57 Å². The topological polar surface area (TPSA) is 52.8 Å². The van der Waals surface area contributed by atoms with E-state index in [1.54, 1.807) is 14.2 Å². The minimum absolute atomic E-state index is 0.0480. The molecule has 0 fully saturated rings. The number of thiazole rings is 1. The van der Waals surface area contributed by atoms with E-state index in [0.29, 0.717) is 23.5 Å². The number of carbonyl (C=O) groups is 1. The highest BCUT2D eigenvalue weighted by Gasteiger charge is 2.15. The summed E-state index contributed by atoms with van der Waals surface area (Å²) < 4.78 is 13.6. The van der Waals surface area contributed by atoms with E-state index >= 15 is 0 Å². The number of hydrogen-bond acceptors (Lipinski definition) is 4. The van der Waals surface area contributed by atoms with E-state index in [4.69, 9.17) is 9.47 Å². The first-order chi connectivity index (χ1) is 13.3. The summed E-state index contributed by atoms with van der Waals surface area (Å²) in [7, 11) is 3.31. The monoisotopic (exact) mass is 398 g/mol. The smallest absolute Gasteiger partial charge is 0.279 e. The van der Waals surface area contributed by atoms with E-state index in [-0.39, 0.29) is 11.3 Å². The SMILES string of the molecule is COCCn1c(=NC(=O)c2ccc(C(C)(C)C)cc2)sc2cc(OC)ccc21. The summed E-state index contributed by atoms with van der Waals surface area (Å²) in [6.07, 6.45) is 0. The van der Waals surface area contributed by atoms with Crippen molar-refractivity contribution in [1.29, 1.82) is 0 Å². The fraction of sp³-hybridized carbons (Fsp3) is 0.364. The van der Waals surface area contributed by atoms with Crippen molar-refractivity contribution in [3.8, 4) is 5.75 Å². The molecule has 0 bridgehead atoms. The summed E-state index contributed by atoms with van der Waals surface area (Å²) in [5.41, 5.74) is 2.83. The minimum Gasteiger partial charge on any atom is -0.497 e. The van der Waals surface area contributed by atoms with Crippen LogP contribution in [0, 0.1) is 0 Å². The number of carbonyl (C=O) groups excluding carboxylic acids is 1. The van der Waals surface area contributed by atoms with Crippen molar-refractivity contribution in [2.24, 2.45) is 4.99 Å². The standard InChI is InChI=1S/C22H26N2O3S/c1-22(2,3)16-8-6-15(7-9-16)20(25)23-21-24(12-13-26-4)18-11-10-17(27-5)14-19(18)28-21/h6-11,14H,12-13H2,1-5H3. The Balaban J connectivity index is 2.02. The van der Waals surface area contributed by atoms with Crippen molar-refractivity contribution in [2.45, 2.75) is 32.7 Å². The van der Waals surface area contributed by atoms with Gasteiger partial charge in [0, 0.05) is 19.2 Å². The highest BCUT2D eigenvalue weighted by molar-refractivity contribution is 7.16. The van der Waals surface area contributed by atoms with E-state index in [9.17, 15) is 4.79 Å². The summed E-state index contributed by atoms with van der Waals surface area (Å²) in [6, 6.07) is 13.6. The maximum absolute atomic E-state index is 12.8. The molecule has 0 aliphatic carbocycles. The first kappa shape index (κ1) is 20.3. The van der Waals surface area contributed by atoms with Crippen LogP contribution < -0.4 is 9.54 Å². The molecule has 6 heteroatoms. The van der Waals surface area contributed by atoms with Crippen LogP contribution in [0.15, 0.2) is 47.5 Å². The minimum atomic E-state index is -0.245. The van der Waals surface area contributed by atoms with Crippen LogP contribution in [-0.2, 0) is 16.7 Å². The molecule has 1 aromatic heterocycles. The van der Waals surface area contributed by atoms with Gasteiger partial charge in [-0.3, -0.25) is 4.79 Å². The third-order valence-electron chi connectivity index (χ3n) is 4.60. The molecule has 3 rings (SSSR count). The number of rotatable bonds is 5. The van der Waals surface area contributed by atoms with Crippen LogP contribution >= 0.6 is 11.3 Å². The molecule has 1 heterocycles. The molecule has 0 aliphatic heterocycles. The van der Waals surface area contributed by atoms with E-state index in [2.05, 4.69) is 25.8 Å². The number of methoxy groups -OCH3 is 2. The Hall–Kier alpha value is -2.44. The van der Waals surface area contributed by atoms with Crippen LogP contribution in [0.1, 0.15) is 36.7 Å². The zero-order valence-corrected chi connectivity index (χ0v) is 17.8. The summed E-state index contributed by atoms with van der Waals surface area (Å²) in [5.74, 6) is 0.536. The van der Waals surface area contributed by atoms with Gasteiger partial charge in [0.1, 0.15) is 5.75 Å². The molecular formula is C22H26N2O3S. The lowest BCUT2D eigenvalue weighted by molar-refractivity contribution is 0.0997. The van der Waals surface area contributed by atoms with E-state index in [0.717, 1.165) is 16.0 Å². The Kier molecular flexibility index (Phi) is 6.01. The number of fused-ring (bicyclic) bond motifs is 1. The highest BCUT2D eigenvalue weighted by Crippen LogP contribution is 2.24. The Morgan fingerprint density at radius 2 is 1.82 bits per heavy atom. The second-order valence-electron chi connectivity index (χ2n) is 7.61. The van der Waals surface area contributed by atoms with Gasteiger partial charge in [0.2, 0.25) is 0 Å². The van der Waals surface area contributed by atoms with Gasteiger partial charge in [-0.05, 0) is 41.3 Å². The van der Waals surface area contributed by atoms with E-state index in [1.807, 2.05) is 47.0 Å². The number of hydrogen-bond donors (Lipinski definition) is 0. The molecule has 5 nitrogen and oxygen atoms in total. The first-order valence-electron chi connectivity index (χ1n) is 9.19. The lowest BCUT2D eigenvalue weighted by atomic mass is 9.87. The van der Waals surface area contributed by atoms with Crippen molar-refractivity contribution in [3.05, 3.63) is 58.4 Å². The first-order valence-corrected chi connectivity index (χ1v) is 10.0. The van der Waals surface area contributed by atoms with Gasteiger partial charge >= 0.3 is 0 Å². The molecule has 0 saturated carbocycles. The average molecular weight is 399 g/mol. The van der Waals surface area contributed by atoms with Gasteiger partial charge in [-0.1, -0.05) is 44.2 Å². The van der Waals surface area contributed by atoms with Crippen molar-refractivity contribution in [3.63, 3.8) is 0 Å². The fourth-order valence-electron chi connectivity index (χ4n) is 2.93. The molecule has 0 unspecified atom stereocenters. The molecule has 0 N–H and O–H groups in total. The van der Waals surface area contributed by atoms with Gasteiger partial charge in [-0.15, -0.1) is 0 Å². The molecule has 0 saturated heterocycles. The Morgan fingerprint density at radius 3 is 2.43 bits per heavy atom. The van der Waals surface area contributed by atoms with Crippen LogP contribution in [0.25, 0.3) is 10.2 Å². The van der Waals surface area contributed by atoms with Crippen LogP contribution in [0.3, 0.4) is 0 Å². The van der Waals surface area contributed by atoms with Gasteiger partial charge in [-0.25, -0.2) is 0 Å². The molecular weight excluding hydrogens is 372 g/mol. The third kappa shape index (κ3) is 4.34. The Morgan fingerprint density at radius 1 is 1.11 bits per heavy atom. The predicted molar refractivity (Wildman–Crippen MR) is 113 cm³/mol. The van der Waals surface area contributed by atoms with Gasteiger partial charge in [0.05, 0.1) is 23.9 Å². The van der Waals surface area contributed by atoms with Gasteiger partial charge in [-0.2, -0.15) is 4.99 Å². The predicted octanol–water partition coefficient (Wildman–Crippen LogP) is 4.40. The van der Waals surface area contributed by atoms with Crippen LogP contribution in [0.4, 0.5) is 0 Å². The largest absolute Gasteiger partial charge is 0.497 e. The summed E-state index contributed by atoms with van der Waals surface area (Å²) in [4.78, 5) is 17.8. The number of aromatic nitrogens is 1. The molecule has 28 heavy (non-hydrogen) atoms. The number of benzene rings is 2. The van der Waals surface area contributed by atoms with Crippen LogP contribution in [-0.4, -0.2) is 31.3 Å². The lowest BCUT2D eigenvalue weighted by Gasteiger charge is -2.18. The molecule has 2 aromatic carbocycles. The molecule has 0 radical (unpaired) electrons. The second kappa shape index (κ2) is 8.29. The maximum Gasteiger partial charge on any atom is 0.279 e. The molecule has 0 atom stereocenters. The molecule has 0 aliphatic rings. The molecule has 148 valence electrons. The van der Waals surface area contributed by atoms with Crippen molar-refractivity contribution < 1.29 is 14.3 Å². The van der Waals surface area contributed by atoms with Gasteiger partial charge in [0.25, 0.3) is 5.91 Å². The maximum atomic E-state index is 12.8. The quantitative estimate of drug-likeness (QED) is 0.640. The van der Waals surface area contributed by atoms with E-state index < -0.39 is 0 Å². The number of amides is 1. The normalized spacial score (nSPS) is 12.5. The number of nitrogens with zero attached hydrogens (tertiary/aromatic N) is 2. The van der Waals surface area contributed by atoms with E-state index in [1.165, 1.54) is 16.9 Å². The van der Waals surface area contributed by atoms with Gasteiger partial charge in [0.15, 0.2) is 4.80 Å². The number of ether oxygens (including phenoxy) is 2. The fourth-order valence-corrected chi connectivity index (χ4v) is 4.01. The Bertz CT molecular complexity index is 1040. The molecule has 0 spiro atoms. The lowest BCUT2D eigenvalue weighted by Crippen LogP contribution is -2.19. The van der Waals surface area contributed by atoms with Crippen molar-refractivity contribution >= 4 is 27.5 Å². The highest BCUT2D eigenvalue weighted by atomic mass is 32.1. The van der Waals surface area contributed by atoms with Gasteiger partial charge < -0.3 is 14.0 Å². The zero-order valence-electron chi connectivity index (χ0n) is 17.0.